The van der Waals surface area contributed by atoms with Crippen molar-refractivity contribution in [3.63, 3.8) is 0 Å². The number of benzene rings is 1. The molecule has 8 nitrogen and oxygen atoms in total. The quantitative estimate of drug-likeness (QED) is 0.463. The molecule has 0 N–H and O–H groups in total. The van der Waals surface area contributed by atoms with E-state index in [-0.39, 0.29) is 12.1 Å². The Kier molecular flexibility index (Phi) is 6.49. The highest BCUT2D eigenvalue weighted by atomic mass is 35.5. The topological polar surface area (TPSA) is 66.7 Å². The lowest BCUT2D eigenvalue weighted by atomic mass is 10.1. The maximum Gasteiger partial charge on any atom is 0.410 e. The van der Waals surface area contributed by atoms with Gasteiger partial charge >= 0.3 is 6.09 Å². The minimum atomic E-state index is -0.513. The number of carbonyl (C=O) groups is 1. The number of piperazine rings is 1. The zero-order valence-electron chi connectivity index (χ0n) is 21.7. The highest BCUT2D eigenvalue weighted by Crippen LogP contribution is 2.40. The first kappa shape index (κ1) is 24.7. The van der Waals surface area contributed by atoms with Crippen molar-refractivity contribution in [2.75, 3.05) is 36.0 Å². The number of amides is 1. The highest BCUT2D eigenvalue weighted by molar-refractivity contribution is 6.30. The molecule has 2 fully saturated rings. The Hall–Kier alpha value is -3.00. The van der Waals surface area contributed by atoms with Gasteiger partial charge in [0.05, 0.1) is 11.1 Å². The molecule has 2 aliphatic heterocycles. The third-order valence-electron chi connectivity index (χ3n) is 7.04. The van der Waals surface area contributed by atoms with Crippen molar-refractivity contribution in [2.24, 2.45) is 0 Å². The molecule has 2 atom stereocenters. The van der Waals surface area contributed by atoms with Crippen LogP contribution in [0, 0.1) is 0 Å². The third kappa shape index (κ3) is 4.71. The Bertz CT molecular complexity index is 1270. The van der Waals surface area contributed by atoms with Crippen molar-refractivity contribution in [1.29, 1.82) is 0 Å². The number of hydrogen-bond donors (Lipinski definition) is 0. The molecule has 4 heterocycles. The van der Waals surface area contributed by atoms with E-state index in [1.807, 2.05) is 45.0 Å². The predicted octanol–water partition coefficient (Wildman–Crippen LogP) is 5.51. The molecule has 2 aliphatic rings. The second kappa shape index (κ2) is 9.47. The number of hydrogen-bond acceptors (Lipinski definition) is 6. The van der Waals surface area contributed by atoms with Crippen molar-refractivity contribution >= 4 is 40.2 Å². The van der Waals surface area contributed by atoms with Crippen LogP contribution < -0.4 is 9.80 Å². The van der Waals surface area contributed by atoms with Crippen molar-refractivity contribution in [3.8, 4) is 5.69 Å². The Morgan fingerprint density at radius 2 is 1.89 bits per heavy atom. The number of nitrogens with zero attached hydrogens (tertiary/aromatic N) is 6. The second-order valence-electron chi connectivity index (χ2n) is 10.9. The van der Waals surface area contributed by atoms with Gasteiger partial charge in [0.1, 0.15) is 17.7 Å². The van der Waals surface area contributed by atoms with Crippen LogP contribution in [-0.4, -0.2) is 69.4 Å². The fraction of sp³-hybridized carbons (Fsp3) is 0.519. The Balaban J connectivity index is 1.55. The highest BCUT2D eigenvalue weighted by Gasteiger charge is 2.33. The van der Waals surface area contributed by atoms with E-state index in [1.165, 1.54) is 6.42 Å². The van der Waals surface area contributed by atoms with Gasteiger partial charge in [-0.25, -0.2) is 14.8 Å². The first-order chi connectivity index (χ1) is 17.1. The van der Waals surface area contributed by atoms with Gasteiger partial charge in [0.15, 0.2) is 5.65 Å². The summed E-state index contributed by atoms with van der Waals surface area (Å²) in [6, 6.07) is 8.36. The van der Waals surface area contributed by atoms with Crippen LogP contribution in [0.3, 0.4) is 0 Å². The van der Waals surface area contributed by atoms with E-state index in [2.05, 4.69) is 34.4 Å². The SMILES string of the molecule is C[C@H]1CCCN1c1cn(-c2cccc(Cl)c2)c2ncnc(N3CCN(C(=O)OC(C)(C)C)C[C@@H]3C)c12. The van der Waals surface area contributed by atoms with E-state index in [9.17, 15) is 4.79 Å². The summed E-state index contributed by atoms with van der Waals surface area (Å²) in [5.41, 5.74) is 2.46. The molecule has 1 aromatic carbocycles. The fourth-order valence-corrected chi connectivity index (χ4v) is 5.53. The molecule has 0 aliphatic carbocycles. The van der Waals surface area contributed by atoms with Gasteiger partial charge in [-0.2, -0.15) is 0 Å². The zero-order chi connectivity index (χ0) is 25.6. The number of aromatic nitrogens is 3. The van der Waals surface area contributed by atoms with E-state index in [1.54, 1.807) is 11.2 Å². The summed E-state index contributed by atoms with van der Waals surface area (Å²) in [6.45, 7) is 12.9. The van der Waals surface area contributed by atoms with E-state index >= 15 is 0 Å². The molecule has 0 saturated carbocycles. The van der Waals surface area contributed by atoms with E-state index < -0.39 is 5.60 Å². The number of fused-ring (bicyclic) bond motifs is 1. The van der Waals surface area contributed by atoms with Gasteiger partial charge in [0.2, 0.25) is 0 Å². The lowest BCUT2D eigenvalue weighted by Gasteiger charge is -2.41. The smallest absolute Gasteiger partial charge is 0.410 e. The largest absolute Gasteiger partial charge is 0.444 e. The van der Waals surface area contributed by atoms with Crippen LogP contribution in [0.2, 0.25) is 5.02 Å². The molecular weight excluding hydrogens is 476 g/mol. The Labute approximate surface area is 217 Å². The molecule has 9 heteroatoms. The number of ether oxygens (including phenoxy) is 1. The summed E-state index contributed by atoms with van der Waals surface area (Å²) >= 11 is 6.35. The lowest BCUT2D eigenvalue weighted by molar-refractivity contribution is 0.0218. The van der Waals surface area contributed by atoms with Crippen molar-refractivity contribution in [1.82, 2.24) is 19.4 Å². The van der Waals surface area contributed by atoms with Crippen molar-refractivity contribution < 1.29 is 9.53 Å². The maximum absolute atomic E-state index is 12.7. The van der Waals surface area contributed by atoms with Crippen molar-refractivity contribution in [2.45, 2.75) is 65.1 Å². The average Bonchev–Trinajstić information content (AvgIpc) is 3.41. The van der Waals surface area contributed by atoms with Gasteiger partial charge < -0.3 is 19.4 Å². The molecule has 1 amide bonds. The van der Waals surface area contributed by atoms with Crippen LogP contribution in [0.5, 0.6) is 0 Å². The zero-order valence-corrected chi connectivity index (χ0v) is 22.5. The first-order valence-corrected chi connectivity index (χ1v) is 13.1. The minimum absolute atomic E-state index is 0.0720. The van der Waals surface area contributed by atoms with Crippen molar-refractivity contribution in [3.05, 3.63) is 41.8 Å². The molecule has 192 valence electrons. The van der Waals surface area contributed by atoms with Gasteiger partial charge in [0, 0.05) is 55.2 Å². The number of halogens is 1. The number of carbonyl (C=O) groups excluding carboxylic acids is 1. The van der Waals surface area contributed by atoms with Gasteiger partial charge in [-0.05, 0) is 65.7 Å². The molecule has 2 saturated heterocycles. The van der Waals surface area contributed by atoms with Crippen LogP contribution in [0.1, 0.15) is 47.5 Å². The summed E-state index contributed by atoms with van der Waals surface area (Å²) in [6.07, 6.45) is 5.89. The predicted molar refractivity (Wildman–Crippen MR) is 145 cm³/mol. The van der Waals surface area contributed by atoms with Gasteiger partial charge in [-0.3, -0.25) is 4.57 Å². The summed E-state index contributed by atoms with van der Waals surface area (Å²) in [7, 11) is 0. The Morgan fingerprint density at radius 3 is 2.56 bits per heavy atom. The van der Waals surface area contributed by atoms with Gasteiger partial charge in [-0.1, -0.05) is 17.7 Å². The summed E-state index contributed by atoms with van der Waals surface area (Å²) in [5.74, 6) is 0.909. The molecule has 0 radical (unpaired) electrons. The summed E-state index contributed by atoms with van der Waals surface area (Å²) in [4.78, 5) is 28.8. The van der Waals surface area contributed by atoms with Crippen LogP contribution in [0.15, 0.2) is 36.8 Å². The molecule has 36 heavy (non-hydrogen) atoms. The van der Waals surface area contributed by atoms with Gasteiger partial charge in [-0.15, -0.1) is 0 Å². The maximum atomic E-state index is 12.7. The van der Waals surface area contributed by atoms with Crippen LogP contribution in [0.4, 0.5) is 16.3 Å². The van der Waals surface area contributed by atoms with Crippen LogP contribution >= 0.6 is 11.6 Å². The minimum Gasteiger partial charge on any atom is -0.444 e. The van der Waals surface area contributed by atoms with Crippen LogP contribution in [-0.2, 0) is 4.74 Å². The molecule has 0 unspecified atom stereocenters. The Morgan fingerprint density at radius 1 is 1.08 bits per heavy atom. The van der Waals surface area contributed by atoms with Gasteiger partial charge in [0.25, 0.3) is 0 Å². The second-order valence-corrected chi connectivity index (χ2v) is 11.3. The van der Waals surface area contributed by atoms with Crippen LogP contribution in [0.25, 0.3) is 16.7 Å². The van der Waals surface area contributed by atoms with E-state index in [0.717, 1.165) is 41.2 Å². The van der Waals surface area contributed by atoms with E-state index in [4.69, 9.17) is 26.3 Å². The molecule has 5 rings (SSSR count). The fourth-order valence-electron chi connectivity index (χ4n) is 5.34. The number of rotatable bonds is 3. The third-order valence-corrected chi connectivity index (χ3v) is 7.28. The molecular formula is C27H35ClN6O2. The molecule has 3 aromatic rings. The number of anilines is 2. The monoisotopic (exact) mass is 510 g/mol. The first-order valence-electron chi connectivity index (χ1n) is 12.8. The molecule has 2 aromatic heterocycles. The molecule has 0 spiro atoms. The summed E-state index contributed by atoms with van der Waals surface area (Å²) in [5, 5.41) is 1.73. The standard InChI is InChI=1S/C27H35ClN6O2/c1-18-8-7-11-32(18)22-16-34(21-10-6-9-20(28)14-21)25-23(22)24(29-17-30-25)33-13-12-31(15-19(33)2)26(35)36-27(3,4)5/h6,9-10,14,16-19H,7-8,11-13,15H2,1-5H3/t18-,19-/m0/s1. The summed E-state index contributed by atoms with van der Waals surface area (Å²) < 4.78 is 7.74. The molecule has 0 bridgehead atoms. The normalized spacial score (nSPS) is 20.9. The average molecular weight is 511 g/mol. The lowest BCUT2D eigenvalue weighted by Crippen LogP contribution is -2.54. The van der Waals surface area contributed by atoms with E-state index in [0.29, 0.717) is 30.7 Å².